The Labute approximate surface area is 263 Å². The number of primary amides is 1. The molecule has 2 unspecified atom stereocenters. The lowest BCUT2D eigenvalue weighted by Gasteiger charge is -2.39. The number of likely N-dealkylation sites (tertiary alicyclic amines) is 1. The first kappa shape index (κ1) is 34.8. The van der Waals surface area contributed by atoms with Gasteiger partial charge in [0.1, 0.15) is 15.6 Å². The third-order valence-corrected chi connectivity index (χ3v) is 12.7. The van der Waals surface area contributed by atoms with Crippen LogP contribution in [-0.2, 0) is 33.8 Å². The van der Waals surface area contributed by atoms with Gasteiger partial charge in [-0.15, -0.1) is 0 Å². The number of hydrogen-bond acceptors (Lipinski definition) is 7. The van der Waals surface area contributed by atoms with E-state index in [0.29, 0.717) is 31.7 Å². The second-order valence-corrected chi connectivity index (χ2v) is 18.6. The third-order valence-electron chi connectivity index (χ3n) is 11.6. The summed E-state index contributed by atoms with van der Waals surface area (Å²) in [7, 11) is -3.29. The Morgan fingerprint density at radius 1 is 0.955 bits per heavy atom. The SMILES string of the molecule is CC(C)(C)[C@H](CC(=O)CC1(CS(C)(=O)=O)CCCCC1)C(=O)N1CC2[C@@H]([C@H]1C(=O)CC(CC1CCC1)C(=O)C(N)=O)C2(C)C. The van der Waals surface area contributed by atoms with Gasteiger partial charge in [-0.25, -0.2) is 8.42 Å². The van der Waals surface area contributed by atoms with Crippen LogP contribution < -0.4 is 5.73 Å². The van der Waals surface area contributed by atoms with Gasteiger partial charge >= 0.3 is 0 Å². The van der Waals surface area contributed by atoms with Crippen molar-refractivity contribution < 1.29 is 32.4 Å². The fourth-order valence-electron chi connectivity index (χ4n) is 8.77. The lowest BCUT2D eigenvalue weighted by atomic mass is 9.70. The van der Waals surface area contributed by atoms with Gasteiger partial charge in [0, 0.05) is 43.9 Å². The van der Waals surface area contributed by atoms with Crippen molar-refractivity contribution in [3.05, 3.63) is 0 Å². The zero-order chi connectivity index (χ0) is 32.8. The van der Waals surface area contributed by atoms with Crippen molar-refractivity contribution in [1.82, 2.24) is 4.90 Å². The largest absolute Gasteiger partial charge is 0.363 e. The molecule has 0 aromatic heterocycles. The first-order valence-corrected chi connectivity index (χ1v) is 18.7. The number of ketones is 3. The molecular weight excluding hydrogens is 580 g/mol. The molecule has 0 radical (unpaired) electrons. The molecule has 0 bridgehead atoms. The number of carbonyl (C=O) groups is 5. The molecule has 2 amide bonds. The van der Waals surface area contributed by atoms with E-state index in [4.69, 9.17) is 5.73 Å². The average Bonchev–Trinajstić information content (AvgIpc) is 3.19. The Balaban J connectivity index is 1.54. The topological polar surface area (TPSA) is 149 Å². The summed E-state index contributed by atoms with van der Waals surface area (Å²) in [5, 5.41) is 0. The minimum Gasteiger partial charge on any atom is -0.363 e. The summed E-state index contributed by atoms with van der Waals surface area (Å²) in [6, 6.07) is -0.707. The van der Waals surface area contributed by atoms with E-state index in [1.807, 2.05) is 20.8 Å². The molecule has 0 aromatic rings. The first-order chi connectivity index (χ1) is 20.3. The van der Waals surface area contributed by atoms with Crippen LogP contribution in [0.4, 0.5) is 0 Å². The van der Waals surface area contributed by atoms with E-state index in [1.165, 1.54) is 6.26 Å². The van der Waals surface area contributed by atoms with Gasteiger partial charge in [0.15, 0.2) is 5.78 Å². The highest BCUT2D eigenvalue weighted by molar-refractivity contribution is 7.90. The number of Topliss-reactive ketones (excluding diaryl/α,β-unsaturated/α-hetero) is 3. The summed E-state index contributed by atoms with van der Waals surface area (Å²) in [4.78, 5) is 68.3. The predicted octanol–water partition coefficient (Wildman–Crippen LogP) is 4.30. The quantitative estimate of drug-likeness (QED) is 0.280. The molecule has 4 aliphatic rings. The second-order valence-electron chi connectivity index (χ2n) is 16.5. The molecule has 3 saturated carbocycles. The summed E-state index contributed by atoms with van der Waals surface area (Å²) in [5.41, 5.74) is 4.08. The molecule has 4 rings (SSSR count). The van der Waals surface area contributed by atoms with Crippen LogP contribution in [0.15, 0.2) is 0 Å². The molecule has 1 saturated heterocycles. The van der Waals surface area contributed by atoms with Gasteiger partial charge in [0.2, 0.25) is 11.7 Å². The van der Waals surface area contributed by atoms with E-state index in [0.717, 1.165) is 38.5 Å². The van der Waals surface area contributed by atoms with E-state index < -0.39 is 50.2 Å². The fraction of sp³-hybridized carbons (Fsp3) is 0.853. The van der Waals surface area contributed by atoms with Crippen molar-refractivity contribution in [2.75, 3.05) is 18.6 Å². The van der Waals surface area contributed by atoms with Gasteiger partial charge < -0.3 is 10.6 Å². The van der Waals surface area contributed by atoms with Crippen molar-refractivity contribution in [2.24, 2.45) is 51.6 Å². The standard InChI is InChI=1S/C34H54N2O7S/c1-32(2,3)24(17-23(37)18-34(20-44(6,42)43)13-8-7-9-14-34)31(41)36-19-25-27(33(25,4)5)28(36)26(38)16-22(29(39)30(35)40)15-21-11-10-12-21/h21-22,24-25,27-28H,7-20H2,1-6H3,(H2,35,40)/t22?,24-,25?,27+,28-/m1/s1. The van der Waals surface area contributed by atoms with Crippen LogP contribution in [0.2, 0.25) is 0 Å². The van der Waals surface area contributed by atoms with E-state index >= 15 is 0 Å². The van der Waals surface area contributed by atoms with Crippen molar-refractivity contribution in [2.45, 2.75) is 118 Å². The van der Waals surface area contributed by atoms with Crippen molar-refractivity contribution >= 4 is 39.0 Å². The number of amides is 2. The van der Waals surface area contributed by atoms with Crippen molar-refractivity contribution in [1.29, 1.82) is 0 Å². The second kappa shape index (κ2) is 12.6. The minimum absolute atomic E-state index is 0.00551. The number of nitrogens with zero attached hydrogens (tertiary/aromatic N) is 1. The predicted molar refractivity (Wildman–Crippen MR) is 168 cm³/mol. The molecule has 2 N–H and O–H groups in total. The molecule has 3 aliphatic carbocycles. The van der Waals surface area contributed by atoms with E-state index in [9.17, 15) is 32.4 Å². The highest BCUT2D eigenvalue weighted by Gasteiger charge is 2.69. The molecule has 9 nitrogen and oxygen atoms in total. The Kier molecular flexibility index (Phi) is 9.95. The van der Waals surface area contributed by atoms with Crippen LogP contribution in [0.25, 0.3) is 0 Å². The number of fused-ring (bicyclic) bond motifs is 1. The number of sulfone groups is 1. The van der Waals surface area contributed by atoms with E-state index in [2.05, 4.69) is 13.8 Å². The summed E-state index contributed by atoms with van der Waals surface area (Å²) in [6.07, 6.45) is 8.89. The zero-order valence-corrected chi connectivity index (χ0v) is 28.5. The summed E-state index contributed by atoms with van der Waals surface area (Å²) in [6.45, 7) is 10.4. The summed E-state index contributed by atoms with van der Waals surface area (Å²) in [5.74, 6) is -3.34. The molecule has 248 valence electrons. The highest BCUT2D eigenvalue weighted by atomic mass is 32.2. The zero-order valence-electron chi connectivity index (χ0n) is 27.7. The molecule has 4 fully saturated rings. The van der Waals surface area contributed by atoms with Crippen LogP contribution in [0.3, 0.4) is 0 Å². The maximum Gasteiger partial charge on any atom is 0.285 e. The Hall–Kier alpha value is -2.10. The Morgan fingerprint density at radius 2 is 1.57 bits per heavy atom. The van der Waals surface area contributed by atoms with E-state index in [-0.39, 0.29) is 59.7 Å². The average molecular weight is 635 g/mol. The van der Waals surface area contributed by atoms with Gasteiger partial charge in [-0.05, 0) is 53.3 Å². The van der Waals surface area contributed by atoms with Crippen LogP contribution >= 0.6 is 0 Å². The summed E-state index contributed by atoms with van der Waals surface area (Å²) >= 11 is 0. The molecule has 0 spiro atoms. The minimum atomic E-state index is -3.29. The van der Waals surface area contributed by atoms with Gasteiger partial charge in [-0.1, -0.05) is 73.1 Å². The normalized spacial score (nSPS) is 27.5. The monoisotopic (exact) mass is 634 g/mol. The molecular formula is C34H54N2O7S. The number of rotatable bonds is 14. The first-order valence-electron chi connectivity index (χ1n) is 16.6. The van der Waals surface area contributed by atoms with Crippen LogP contribution in [-0.4, -0.2) is 67.1 Å². The molecule has 0 aromatic carbocycles. The van der Waals surface area contributed by atoms with Crippen molar-refractivity contribution in [3.8, 4) is 0 Å². The number of carbonyl (C=O) groups excluding carboxylic acids is 5. The van der Waals surface area contributed by atoms with Gasteiger partial charge in [0.05, 0.1) is 11.8 Å². The number of hydrogen-bond donors (Lipinski definition) is 1. The molecule has 10 heteroatoms. The molecule has 44 heavy (non-hydrogen) atoms. The summed E-state index contributed by atoms with van der Waals surface area (Å²) < 4.78 is 24.6. The third kappa shape index (κ3) is 7.64. The Morgan fingerprint density at radius 3 is 2.07 bits per heavy atom. The van der Waals surface area contributed by atoms with Crippen LogP contribution in [0.5, 0.6) is 0 Å². The lowest BCUT2D eigenvalue weighted by molar-refractivity contribution is -0.148. The molecule has 5 atom stereocenters. The maximum absolute atomic E-state index is 14.4. The molecule has 1 aliphatic heterocycles. The Bertz CT molecular complexity index is 1270. The van der Waals surface area contributed by atoms with Gasteiger partial charge in [-0.2, -0.15) is 0 Å². The highest BCUT2D eigenvalue weighted by Crippen LogP contribution is 2.65. The van der Waals surface area contributed by atoms with Crippen molar-refractivity contribution in [3.63, 3.8) is 0 Å². The van der Waals surface area contributed by atoms with Crippen LogP contribution in [0, 0.1) is 45.8 Å². The molecule has 1 heterocycles. The number of piperidine rings is 1. The van der Waals surface area contributed by atoms with E-state index in [1.54, 1.807) is 4.90 Å². The van der Waals surface area contributed by atoms with Crippen LogP contribution in [0.1, 0.15) is 112 Å². The van der Waals surface area contributed by atoms with Gasteiger partial charge in [0.25, 0.3) is 5.91 Å². The lowest BCUT2D eigenvalue weighted by Crippen LogP contribution is -2.51. The smallest absolute Gasteiger partial charge is 0.285 e. The maximum atomic E-state index is 14.4. The fourth-order valence-corrected chi connectivity index (χ4v) is 10.3. The van der Waals surface area contributed by atoms with Gasteiger partial charge in [-0.3, -0.25) is 24.0 Å². The number of nitrogens with two attached hydrogens (primary N) is 1.